The minimum atomic E-state index is -2.49. The van der Waals surface area contributed by atoms with E-state index in [9.17, 15) is 39.5 Å². The van der Waals surface area contributed by atoms with Crippen LogP contribution in [-0.2, 0) is 0 Å². The van der Waals surface area contributed by atoms with Crippen LogP contribution < -0.4 is 0 Å². The summed E-state index contributed by atoms with van der Waals surface area (Å²) in [7, 11) is 0. The molecule has 1 nitrogen and oxygen atoms in total. The highest BCUT2D eigenvalue weighted by molar-refractivity contribution is 6.11. The highest BCUT2D eigenvalue weighted by Gasteiger charge is 2.32. The first-order valence-electron chi connectivity index (χ1n) is 7.73. The van der Waals surface area contributed by atoms with Gasteiger partial charge in [-0.3, -0.25) is 0 Å². The summed E-state index contributed by atoms with van der Waals surface area (Å²) in [6, 6.07) is 4.90. The molecule has 29 heavy (non-hydrogen) atoms. The van der Waals surface area contributed by atoms with Crippen LogP contribution in [0.1, 0.15) is 0 Å². The molecule has 0 aliphatic carbocycles. The smallest absolute Gasteiger partial charge is 0.200 e. The highest BCUT2D eigenvalue weighted by Crippen LogP contribution is 2.40. The Morgan fingerprint density at radius 3 is 1.52 bits per heavy atom. The van der Waals surface area contributed by atoms with Crippen molar-refractivity contribution in [2.75, 3.05) is 0 Å². The first-order valence-corrected chi connectivity index (χ1v) is 7.73. The van der Waals surface area contributed by atoms with Crippen molar-refractivity contribution in [1.82, 2.24) is 4.98 Å². The summed E-state index contributed by atoms with van der Waals surface area (Å²) in [6.45, 7) is 0. The normalized spacial score (nSPS) is 11.6. The van der Waals surface area contributed by atoms with Gasteiger partial charge in [0.25, 0.3) is 0 Å². The molecule has 148 valence electrons. The molecule has 0 saturated carbocycles. The van der Waals surface area contributed by atoms with E-state index in [4.69, 9.17) is 0 Å². The van der Waals surface area contributed by atoms with E-state index in [1.54, 1.807) is 0 Å². The fourth-order valence-electron chi connectivity index (χ4n) is 3.06. The van der Waals surface area contributed by atoms with Gasteiger partial charge in [-0.2, -0.15) is 0 Å². The number of nitrogens with zero attached hydrogens (tertiary/aromatic N) is 1. The van der Waals surface area contributed by atoms with E-state index < -0.39 is 74.4 Å². The van der Waals surface area contributed by atoms with Crippen LogP contribution in [0.4, 0.5) is 39.5 Å². The second-order valence-electron chi connectivity index (χ2n) is 5.93. The maximum atomic E-state index is 14.5. The summed E-state index contributed by atoms with van der Waals surface area (Å²) in [6.07, 6.45) is 0. The number of aromatic nitrogens is 1. The van der Waals surface area contributed by atoms with Crippen molar-refractivity contribution in [2.24, 2.45) is 0 Å². The van der Waals surface area contributed by atoms with Crippen molar-refractivity contribution < 1.29 is 39.5 Å². The quantitative estimate of drug-likeness (QED) is 0.153. The van der Waals surface area contributed by atoms with E-state index in [0.717, 1.165) is 12.1 Å². The number of benzene rings is 3. The highest BCUT2D eigenvalue weighted by atomic mass is 19.2. The van der Waals surface area contributed by atoms with Crippen molar-refractivity contribution in [1.29, 1.82) is 0 Å². The molecule has 1 aromatic heterocycles. The van der Waals surface area contributed by atoms with Crippen LogP contribution in [0.2, 0.25) is 0 Å². The number of halogens is 9. The molecule has 0 fully saturated rings. The van der Waals surface area contributed by atoms with Gasteiger partial charge < -0.3 is 0 Å². The van der Waals surface area contributed by atoms with Crippen LogP contribution in [0.25, 0.3) is 32.9 Å². The van der Waals surface area contributed by atoms with Gasteiger partial charge in [0.2, 0.25) is 5.82 Å². The molecule has 0 aliphatic rings. The molecule has 1 heterocycles. The Hall–Kier alpha value is -3.30. The van der Waals surface area contributed by atoms with Gasteiger partial charge in [0.05, 0.1) is 22.2 Å². The van der Waals surface area contributed by atoms with Crippen LogP contribution in [0.15, 0.2) is 24.3 Å². The second-order valence-corrected chi connectivity index (χ2v) is 5.93. The maximum Gasteiger partial charge on any atom is 0.200 e. The van der Waals surface area contributed by atoms with E-state index in [-0.39, 0.29) is 10.9 Å². The number of pyridine rings is 1. The van der Waals surface area contributed by atoms with Gasteiger partial charge in [0.1, 0.15) is 0 Å². The van der Waals surface area contributed by atoms with Crippen LogP contribution in [-0.4, -0.2) is 4.98 Å². The number of para-hydroxylation sites is 1. The van der Waals surface area contributed by atoms with Crippen molar-refractivity contribution in [2.45, 2.75) is 0 Å². The molecule has 0 amide bonds. The van der Waals surface area contributed by atoms with Crippen molar-refractivity contribution in [3.8, 4) is 11.3 Å². The Bertz CT molecular complexity index is 1320. The SMILES string of the molecule is Fc1c(F)c(F)c(-c2nc3ccccc3c3c(F)c(F)c(F)c(F)c23)c(F)c1F. The average Bonchev–Trinajstić information content (AvgIpc) is 2.72. The molecule has 3 aromatic carbocycles. The van der Waals surface area contributed by atoms with Gasteiger partial charge in [-0.15, -0.1) is 0 Å². The van der Waals surface area contributed by atoms with Gasteiger partial charge in [-0.05, 0) is 6.07 Å². The minimum Gasteiger partial charge on any atom is -0.247 e. The van der Waals surface area contributed by atoms with Gasteiger partial charge in [-0.25, -0.2) is 44.5 Å². The molecule has 0 saturated heterocycles. The van der Waals surface area contributed by atoms with Gasteiger partial charge in [0, 0.05) is 10.8 Å². The number of hydrogen-bond donors (Lipinski definition) is 0. The number of hydrogen-bond acceptors (Lipinski definition) is 1. The zero-order chi connectivity index (χ0) is 21.2. The van der Waals surface area contributed by atoms with E-state index in [0.29, 0.717) is 0 Å². The molecular formula is C19H4F9N. The Morgan fingerprint density at radius 1 is 0.483 bits per heavy atom. The fraction of sp³-hybridized carbons (Fsp3) is 0. The first kappa shape index (κ1) is 19.0. The van der Waals surface area contributed by atoms with Crippen molar-refractivity contribution in [3.63, 3.8) is 0 Å². The van der Waals surface area contributed by atoms with E-state index in [1.165, 1.54) is 12.1 Å². The zero-order valence-corrected chi connectivity index (χ0v) is 13.7. The molecule has 0 atom stereocenters. The van der Waals surface area contributed by atoms with E-state index in [2.05, 4.69) is 4.98 Å². The van der Waals surface area contributed by atoms with Gasteiger partial charge >= 0.3 is 0 Å². The summed E-state index contributed by atoms with van der Waals surface area (Å²) >= 11 is 0. The summed E-state index contributed by atoms with van der Waals surface area (Å²) < 4.78 is 126. The fourth-order valence-corrected chi connectivity index (χ4v) is 3.06. The lowest BCUT2D eigenvalue weighted by atomic mass is 9.97. The Balaban J connectivity index is 2.35. The lowest BCUT2D eigenvalue weighted by molar-refractivity contribution is 0.381. The Labute approximate surface area is 155 Å². The molecular weight excluding hydrogens is 413 g/mol. The predicted molar refractivity (Wildman–Crippen MR) is 84.3 cm³/mol. The Morgan fingerprint density at radius 2 is 0.931 bits per heavy atom. The minimum absolute atomic E-state index is 0.273. The van der Waals surface area contributed by atoms with E-state index >= 15 is 0 Å². The zero-order valence-electron chi connectivity index (χ0n) is 13.7. The summed E-state index contributed by atoms with van der Waals surface area (Å²) in [5, 5.41) is -2.51. The molecule has 0 aliphatic heterocycles. The molecule has 0 unspecified atom stereocenters. The topological polar surface area (TPSA) is 12.9 Å². The summed E-state index contributed by atoms with van der Waals surface area (Å²) in [5.41, 5.74) is -3.27. The third kappa shape index (κ3) is 2.48. The standard InChI is InChI=1S/C19H4F9N/c20-10-7-5-3-1-2-4-6(5)29-19(8(7)11(21)15(25)14(10)24)9-12(22)16(26)18(28)17(27)13(9)23/h1-4H. The van der Waals surface area contributed by atoms with E-state index in [1.807, 2.05) is 0 Å². The predicted octanol–water partition coefficient (Wildman–Crippen LogP) is 6.31. The van der Waals surface area contributed by atoms with Crippen molar-refractivity contribution >= 4 is 21.7 Å². The molecule has 0 spiro atoms. The molecule has 0 bridgehead atoms. The molecule has 10 heteroatoms. The second kappa shape index (κ2) is 6.36. The van der Waals surface area contributed by atoms with Crippen LogP contribution >= 0.6 is 0 Å². The van der Waals surface area contributed by atoms with Crippen LogP contribution in [0.3, 0.4) is 0 Å². The molecule has 4 aromatic rings. The average molecular weight is 417 g/mol. The van der Waals surface area contributed by atoms with Crippen LogP contribution in [0.5, 0.6) is 0 Å². The molecule has 0 N–H and O–H groups in total. The third-order valence-electron chi connectivity index (χ3n) is 4.36. The lowest BCUT2D eigenvalue weighted by Gasteiger charge is -2.14. The largest absolute Gasteiger partial charge is 0.247 e. The van der Waals surface area contributed by atoms with Gasteiger partial charge in [0.15, 0.2) is 46.5 Å². The number of rotatable bonds is 1. The lowest BCUT2D eigenvalue weighted by Crippen LogP contribution is -2.07. The Kier molecular flexibility index (Phi) is 4.18. The molecule has 0 radical (unpaired) electrons. The maximum absolute atomic E-state index is 14.5. The first-order chi connectivity index (χ1) is 13.7. The van der Waals surface area contributed by atoms with Crippen LogP contribution in [0, 0.1) is 52.4 Å². The third-order valence-corrected chi connectivity index (χ3v) is 4.36. The number of fused-ring (bicyclic) bond motifs is 3. The summed E-state index contributed by atoms with van der Waals surface area (Å²) in [5.74, 6) is -20.6. The van der Waals surface area contributed by atoms with Gasteiger partial charge in [-0.1, -0.05) is 18.2 Å². The van der Waals surface area contributed by atoms with Crippen molar-refractivity contribution in [3.05, 3.63) is 76.6 Å². The molecule has 4 rings (SSSR count). The monoisotopic (exact) mass is 417 g/mol. The summed E-state index contributed by atoms with van der Waals surface area (Å²) in [4.78, 5) is 3.65.